The zero-order chi connectivity index (χ0) is 13.4. The molecule has 3 aromatic rings. The SMILES string of the molecule is CC(C)n1c(-n2ccccc2=O)nc2cccnc21. The highest BCUT2D eigenvalue weighted by molar-refractivity contribution is 5.72. The van der Waals surface area contributed by atoms with Crippen molar-refractivity contribution in [3.8, 4) is 5.95 Å². The van der Waals surface area contributed by atoms with Gasteiger partial charge in [0.15, 0.2) is 5.65 Å². The Morgan fingerprint density at radius 3 is 2.74 bits per heavy atom. The van der Waals surface area contributed by atoms with Crippen molar-refractivity contribution in [1.82, 2.24) is 19.1 Å². The first kappa shape index (κ1) is 11.6. The van der Waals surface area contributed by atoms with Crippen LogP contribution in [-0.4, -0.2) is 19.1 Å². The molecule has 3 heterocycles. The largest absolute Gasteiger partial charge is 0.292 e. The molecule has 19 heavy (non-hydrogen) atoms. The quantitative estimate of drug-likeness (QED) is 0.704. The fourth-order valence-corrected chi connectivity index (χ4v) is 2.16. The van der Waals surface area contributed by atoms with Gasteiger partial charge in [0.2, 0.25) is 5.95 Å². The first-order chi connectivity index (χ1) is 9.18. The second-order valence-corrected chi connectivity index (χ2v) is 4.63. The van der Waals surface area contributed by atoms with Gasteiger partial charge in [-0.05, 0) is 32.0 Å². The summed E-state index contributed by atoms with van der Waals surface area (Å²) >= 11 is 0. The summed E-state index contributed by atoms with van der Waals surface area (Å²) < 4.78 is 3.51. The van der Waals surface area contributed by atoms with Gasteiger partial charge in [0.1, 0.15) is 5.52 Å². The third-order valence-corrected chi connectivity index (χ3v) is 2.98. The number of imidazole rings is 1. The number of fused-ring (bicyclic) bond motifs is 1. The highest BCUT2D eigenvalue weighted by Crippen LogP contribution is 2.20. The van der Waals surface area contributed by atoms with Crippen LogP contribution in [0, 0.1) is 0 Å². The zero-order valence-corrected chi connectivity index (χ0v) is 10.8. The van der Waals surface area contributed by atoms with Gasteiger partial charge >= 0.3 is 0 Å². The third-order valence-electron chi connectivity index (χ3n) is 2.98. The maximum Gasteiger partial charge on any atom is 0.257 e. The van der Waals surface area contributed by atoms with E-state index in [0.29, 0.717) is 5.95 Å². The maximum atomic E-state index is 12.0. The lowest BCUT2D eigenvalue weighted by atomic mass is 10.3. The summed E-state index contributed by atoms with van der Waals surface area (Å²) in [6.07, 6.45) is 3.46. The lowest BCUT2D eigenvalue weighted by Gasteiger charge is -2.12. The van der Waals surface area contributed by atoms with Crippen LogP contribution in [0.3, 0.4) is 0 Å². The molecule has 0 bridgehead atoms. The Labute approximate surface area is 110 Å². The van der Waals surface area contributed by atoms with E-state index in [1.54, 1.807) is 23.0 Å². The number of hydrogen-bond donors (Lipinski definition) is 0. The summed E-state index contributed by atoms with van der Waals surface area (Å²) in [4.78, 5) is 20.9. The molecule has 0 amide bonds. The number of hydrogen-bond acceptors (Lipinski definition) is 3. The van der Waals surface area contributed by atoms with Gasteiger partial charge in [0.05, 0.1) is 0 Å². The molecule has 0 radical (unpaired) electrons. The number of pyridine rings is 2. The van der Waals surface area contributed by atoms with Crippen molar-refractivity contribution in [2.45, 2.75) is 19.9 Å². The van der Waals surface area contributed by atoms with Crippen LogP contribution in [0.2, 0.25) is 0 Å². The van der Waals surface area contributed by atoms with E-state index < -0.39 is 0 Å². The molecule has 0 unspecified atom stereocenters. The van der Waals surface area contributed by atoms with Crippen molar-refractivity contribution in [2.75, 3.05) is 0 Å². The second kappa shape index (κ2) is 4.35. The van der Waals surface area contributed by atoms with E-state index in [1.165, 1.54) is 6.07 Å². The Bertz CT molecular complexity index is 785. The molecule has 0 aliphatic carbocycles. The molecule has 0 fully saturated rings. The van der Waals surface area contributed by atoms with Crippen molar-refractivity contribution >= 4 is 11.2 Å². The molecule has 0 saturated carbocycles. The van der Waals surface area contributed by atoms with Gasteiger partial charge < -0.3 is 0 Å². The Balaban J connectivity index is 2.38. The predicted molar refractivity (Wildman–Crippen MR) is 73.5 cm³/mol. The van der Waals surface area contributed by atoms with Crippen molar-refractivity contribution < 1.29 is 0 Å². The van der Waals surface area contributed by atoms with Gasteiger partial charge in [-0.1, -0.05) is 6.07 Å². The molecule has 0 aliphatic rings. The minimum Gasteiger partial charge on any atom is -0.292 e. The van der Waals surface area contributed by atoms with Crippen molar-refractivity contribution in [3.63, 3.8) is 0 Å². The number of rotatable bonds is 2. The lowest BCUT2D eigenvalue weighted by Crippen LogP contribution is -2.20. The average molecular weight is 254 g/mol. The fourth-order valence-electron chi connectivity index (χ4n) is 2.16. The van der Waals surface area contributed by atoms with E-state index >= 15 is 0 Å². The van der Waals surface area contributed by atoms with Crippen LogP contribution in [0.15, 0.2) is 47.5 Å². The molecule has 3 rings (SSSR count). The van der Waals surface area contributed by atoms with Crippen LogP contribution in [0.5, 0.6) is 0 Å². The normalized spacial score (nSPS) is 11.3. The standard InChI is InChI=1S/C14H14N4O/c1-10(2)18-13-11(6-5-8-15-13)16-14(18)17-9-4-3-7-12(17)19/h3-10H,1-2H3. The van der Waals surface area contributed by atoms with E-state index in [1.807, 2.05) is 36.6 Å². The summed E-state index contributed by atoms with van der Waals surface area (Å²) in [5, 5.41) is 0. The number of aromatic nitrogens is 4. The van der Waals surface area contributed by atoms with Gasteiger partial charge in [-0.3, -0.25) is 13.9 Å². The Morgan fingerprint density at radius 1 is 1.16 bits per heavy atom. The highest BCUT2D eigenvalue weighted by atomic mass is 16.1. The van der Waals surface area contributed by atoms with Crippen LogP contribution in [0.4, 0.5) is 0 Å². The van der Waals surface area contributed by atoms with Gasteiger partial charge in [0.25, 0.3) is 5.56 Å². The molecule has 0 saturated heterocycles. The Morgan fingerprint density at radius 2 is 2.00 bits per heavy atom. The molecule has 0 aliphatic heterocycles. The van der Waals surface area contributed by atoms with E-state index in [4.69, 9.17) is 0 Å². The molecule has 0 spiro atoms. The topological polar surface area (TPSA) is 52.7 Å². The molecule has 5 nitrogen and oxygen atoms in total. The van der Waals surface area contributed by atoms with Crippen molar-refractivity contribution in [1.29, 1.82) is 0 Å². The minimum absolute atomic E-state index is 0.0975. The molecule has 0 atom stereocenters. The van der Waals surface area contributed by atoms with Gasteiger partial charge in [-0.2, -0.15) is 0 Å². The minimum atomic E-state index is -0.0975. The number of nitrogens with zero attached hydrogens (tertiary/aromatic N) is 4. The fraction of sp³-hybridized carbons (Fsp3) is 0.214. The van der Waals surface area contributed by atoms with Gasteiger partial charge in [-0.15, -0.1) is 0 Å². The Hall–Kier alpha value is -2.43. The third kappa shape index (κ3) is 1.83. The van der Waals surface area contributed by atoms with E-state index in [-0.39, 0.29) is 11.6 Å². The Kier molecular flexibility index (Phi) is 2.67. The molecule has 96 valence electrons. The average Bonchev–Trinajstić information content (AvgIpc) is 2.78. The predicted octanol–water partition coefficient (Wildman–Crippen LogP) is 2.16. The lowest BCUT2D eigenvalue weighted by molar-refractivity contribution is 0.592. The van der Waals surface area contributed by atoms with Crippen LogP contribution in [0.25, 0.3) is 17.1 Å². The summed E-state index contributed by atoms with van der Waals surface area (Å²) in [6, 6.07) is 8.98. The molecule has 0 aromatic carbocycles. The second-order valence-electron chi connectivity index (χ2n) is 4.63. The highest BCUT2D eigenvalue weighted by Gasteiger charge is 2.15. The summed E-state index contributed by atoms with van der Waals surface area (Å²) in [7, 11) is 0. The van der Waals surface area contributed by atoms with E-state index in [9.17, 15) is 4.79 Å². The van der Waals surface area contributed by atoms with E-state index in [2.05, 4.69) is 9.97 Å². The monoisotopic (exact) mass is 254 g/mol. The smallest absolute Gasteiger partial charge is 0.257 e. The first-order valence-corrected chi connectivity index (χ1v) is 6.19. The van der Waals surface area contributed by atoms with Crippen LogP contribution in [-0.2, 0) is 0 Å². The summed E-state index contributed by atoms with van der Waals surface area (Å²) in [6.45, 7) is 4.10. The van der Waals surface area contributed by atoms with E-state index in [0.717, 1.165) is 11.2 Å². The summed E-state index contributed by atoms with van der Waals surface area (Å²) in [5.74, 6) is 0.606. The molecule has 5 heteroatoms. The van der Waals surface area contributed by atoms with Gasteiger partial charge in [0, 0.05) is 24.5 Å². The van der Waals surface area contributed by atoms with Crippen molar-refractivity contribution in [2.24, 2.45) is 0 Å². The van der Waals surface area contributed by atoms with Gasteiger partial charge in [-0.25, -0.2) is 9.97 Å². The molecular formula is C14H14N4O. The molecule has 0 N–H and O–H groups in total. The van der Waals surface area contributed by atoms with Crippen LogP contribution in [0.1, 0.15) is 19.9 Å². The molecule has 3 aromatic heterocycles. The van der Waals surface area contributed by atoms with Crippen LogP contribution >= 0.6 is 0 Å². The zero-order valence-electron chi connectivity index (χ0n) is 10.8. The van der Waals surface area contributed by atoms with Crippen LogP contribution < -0.4 is 5.56 Å². The first-order valence-electron chi connectivity index (χ1n) is 6.19. The molecular weight excluding hydrogens is 240 g/mol. The van der Waals surface area contributed by atoms with Crippen molar-refractivity contribution in [3.05, 3.63) is 53.1 Å². The summed E-state index contributed by atoms with van der Waals surface area (Å²) in [5.41, 5.74) is 1.49. The maximum absolute atomic E-state index is 12.0.